The van der Waals surface area contributed by atoms with Gasteiger partial charge in [0.1, 0.15) is 5.76 Å². The number of nitrogens with zero attached hydrogens (tertiary/aromatic N) is 3. The third-order valence-corrected chi connectivity index (χ3v) is 10.3. The average molecular weight is 611 g/mol. The van der Waals surface area contributed by atoms with Crippen molar-refractivity contribution < 1.29 is 19.4 Å². The van der Waals surface area contributed by atoms with Crippen molar-refractivity contribution in [3.63, 3.8) is 0 Å². The quantitative estimate of drug-likeness (QED) is 0.317. The van der Waals surface area contributed by atoms with Crippen LogP contribution < -0.4 is 5.32 Å². The standard InChI is InChI=1S/C35H38N4O4S/c1-8-21-16(2)26-13-30-24(15-44-20(6)40)18(4)25(37-30)12-27-17(3)22(9-10-32(42)43-7)34(38-27)23-11-31(41)33-19(5)28(39-35(23)33)14-29(21)36-26/h12-14,17,22,38,41H,8-11,15H2,1-7H3/t17-,22-/m0/s1. The zero-order valence-corrected chi connectivity index (χ0v) is 27.2. The number of esters is 1. The number of aliphatic imine (C=N–C) groups is 3. The summed E-state index contributed by atoms with van der Waals surface area (Å²) >= 11 is 1.28. The van der Waals surface area contributed by atoms with Crippen molar-refractivity contribution in [1.82, 2.24) is 5.32 Å². The van der Waals surface area contributed by atoms with E-state index >= 15 is 0 Å². The molecule has 0 unspecified atom stereocenters. The van der Waals surface area contributed by atoms with E-state index in [1.165, 1.54) is 18.9 Å². The third kappa shape index (κ3) is 5.01. The lowest BCUT2D eigenvalue weighted by molar-refractivity contribution is -0.140. The summed E-state index contributed by atoms with van der Waals surface area (Å²) in [6.45, 7) is 12.0. The van der Waals surface area contributed by atoms with Gasteiger partial charge >= 0.3 is 5.97 Å². The zero-order chi connectivity index (χ0) is 31.4. The maximum Gasteiger partial charge on any atom is 0.305 e. The second-order valence-electron chi connectivity index (χ2n) is 12.0. The molecule has 1 fully saturated rings. The Morgan fingerprint density at radius 3 is 2.39 bits per heavy atom. The highest BCUT2D eigenvalue weighted by atomic mass is 32.2. The number of rotatable bonds is 6. The van der Waals surface area contributed by atoms with E-state index in [4.69, 9.17) is 19.7 Å². The summed E-state index contributed by atoms with van der Waals surface area (Å²) in [6.07, 6.45) is 8.25. The number of aliphatic hydroxyl groups is 1. The lowest BCUT2D eigenvalue weighted by Crippen LogP contribution is -2.16. The van der Waals surface area contributed by atoms with Crippen LogP contribution >= 0.6 is 11.8 Å². The van der Waals surface area contributed by atoms with Gasteiger partial charge in [0.15, 0.2) is 5.12 Å². The van der Waals surface area contributed by atoms with E-state index in [1.807, 2.05) is 19.1 Å². The fourth-order valence-corrected chi connectivity index (χ4v) is 7.60. The minimum atomic E-state index is -0.247. The van der Waals surface area contributed by atoms with E-state index in [0.717, 1.165) is 91.1 Å². The molecule has 2 atom stereocenters. The minimum Gasteiger partial charge on any atom is -0.511 e. The van der Waals surface area contributed by atoms with Gasteiger partial charge in [0, 0.05) is 59.9 Å². The molecule has 0 radical (unpaired) electrons. The normalized spacial score (nSPS) is 24.1. The number of hydrogen-bond acceptors (Lipinski definition) is 9. The highest BCUT2D eigenvalue weighted by Crippen LogP contribution is 2.46. The van der Waals surface area contributed by atoms with Gasteiger partial charge in [0.25, 0.3) is 0 Å². The van der Waals surface area contributed by atoms with Crippen LogP contribution in [0.25, 0.3) is 0 Å². The molecule has 0 aromatic rings. The van der Waals surface area contributed by atoms with Crippen molar-refractivity contribution in [2.75, 3.05) is 12.9 Å². The summed E-state index contributed by atoms with van der Waals surface area (Å²) in [5.41, 5.74) is 13.9. The van der Waals surface area contributed by atoms with Crippen molar-refractivity contribution >= 4 is 40.0 Å². The van der Waals surface area contributed by atoms with E-state index < -0.39 is 0 Å². The predicted octanol–water partition coefficient (Wildman–Crippen LogP) is 6.89. The number of carbonyl (C=O) groups is 2. The molecule has 2 N–H and O–H groups in total. The summed E-state index contributed by atoms with van der Waals surface area (Å²) in [5.74, 6) is 0.644. The monoisotopic (exact) mass is 610 g/mol. The van der Waals surface area contributed by atoms with Gasteiger partial charge in [-0.15, -0.1) is 0 Å². The molecule has 8 nitrogen and oxygen atoms in total. The van der Waals surface area contributed by atoms with Gasteiger partial charge in [-0.2, -0.15) is 0 Å². The minimum absolute atomic E-state index is 0.00326. The number of nitrogens with one attached hydrogen (secondary N) is 1. The molecular weight excluding hydrogens is 572 g/mol. The van der Waals surface area contributed by atoms with Gasteiger partial charge < -0.3 is 15.2 Å². The molecule has 1 saturated heterocycles. The lowest BCUT2D eigenvalue weighted by Gasteiger charge is -2.17. The molecule has 9 heteroatoms. The van der Waals surface area contributed by atoms with E-state index in [0.29, 0.717) is 24.4 Å². The Kier molecular flexibility index (Phi) is 7.86. The van der Waals surface area contributed by atoms with E-state index in [1.54, 1.807) is 6.92 Å². The SMILES string of the molecule is CCC1=C(C)C2=NC1=CC1=C(C)C3=C(O)CC(=C4NC(=CC5=NC(=C2)C(CSC(C)=O)=C5C)[C@@H](C)[C@@H]4CCC(=O)OC)C3=N1. The molecule has 0 amide bonds. The topological polar surface area (TPSA) is 113 Å². The number of carbonyl (C=O) groups excluding carboxylic acids is 2. The first-order valence-electron chi connectivity index (χ1n) is 15.2. The van der Waals surface area contributed by atoms with Gasteiger partial charge in [-0.1, -0.05) is 25.6 Å². The lowest BCUT2D eigenvalue weighted by atomic mass is 9.86. The zero-order valence-electron chi connectivity index (χ0n) is 26.3. The summed E-state index contributed by atoms with van der Waals surface area (Å²) in [6, 6.07) is 0. The second-order valence-corrected chi connectivity index (χ2v) is 13.1. The Balaban J connectivity index is 1.58. The molecule has 0 aromatic heterocycles. The molecule has 6 aliphatic rings. The maximum atomic E-state index is 12.2. The van der Waals surface area contributed by atoms with Crippen molar-refractivity contribution in [2.24, 2.45) is 26.8 Å². The highest BCUT2D eigenvalue weighted by Gasteiger charge is 2.41. The third-order valence-electron chi connectivity index (χ3n) is 9.49. The molecule has 0 aromatic carbocycles. The number of ether oxygens (including phenoxy) is 1. The van der Waals surface area contributed by atoms with Crippen LogP contribution in [0, 0.1) is 11.8 Å². The van der Waals surface area contributed by atoms with Gasteiger partial charge in [0.2, 0.25) is 0 Å². The maximum absolute atomic E-state index is 12.2. The fraction of sp³-hybridized carbons (Fsp3) is 0.400. The van der Waals surface area contributed by atoms with E-state index in [2.05, 4.69) is 39.1 Å². The molecule has 0 spiro atoms. The van der Waals surface area contributed by atoms with Crippen LogP contribution in [0.4, 0.5) is 0 Å². The predicted molar refractivity (Wildman–Crippen MR) is 176 cm³/mol. The highest BCUT2D eigenvalue weighted by molar-refractivity contribution is 8.13. The van der Waals surface area contributed by atoms with E-state index in [9.17, 15) is 14.7 Å². The molecule has 5 aliphatic heterocycles. The number of fused-ring (bicyclic) bond motifs is 5. The first-order valence-corrected chi connectivity index (χ1v) is 16.2. The molecular formula is C35H38N4O4S. The fourth-order valence-electron chi connectivity index (χ4n) is 6.89. The Morgan fingerprint density at radius 2 is 1.70 bits per heavy atom. The van der Waals surface area contributed by atoms with Gasteiger partial charge in [-0.3, -0.25) is 9.59 Å². The van der Waals surface area contributed by atoms with Crippen molar-refractivity contribution in [2.45, 2.75) is 67.2 Å². The average Bonchev–Trinajstić information content (AvgIpc) is 3.73. The van der Waals surface area contributed by atoms with Crippen LogP contribution in [0.3, 0.4) is 0 Å². The first kappa shape index (κ1) is 30.1. The van der Waals surface area contributed by atoms with Crippen molar-refractivity contribution in [1.29, 1.82) is 0 Å². The van der Waals surface area contributed by atoms with Crippen molar-refractivity contribution in [3.8, 4) is 0 Å². The van der Waals surface area contributed by atoms with E-state index in [-0.39, 0.29) is 29.3 Å². The van der Waals surface area contributed by atoms with Gasteiger partial charge in [-0.05, 0) is 79.7 Å². The van der Waals surface area contributed by atoms with Crippen LogP contribution in [0.1, 0.15) is 67.2 Å². The number of allylic oxidation sites excluding steroid dienone is 12. The number of aliphatic hydroxyl groups excluding tert-OH is 1. The molecule has 1 aliphatic carbocycles. The van der Waals surface area contributed by atoms with Crippen LogP contribution in [-0.2, 0) is 14.3 Å². The van der Waals surface area contributed by atoms with Crippen molar-refractivity contribution in [3.05, 3.63) is 91.5 Å². The van der Waals surface area contributed by atoms with Gasteiger partial charge in [0.05, 0.1) is 41.3 Å². The first-order chi connectivity index (χ1) is 21.0. The molecule has 44 heavy (non-hydrogen) atoms. The summed E-state index contributed by atoms with van der Waals surface area (Å²) in [4.78, 5) is 39.5. The molecule has 5 heterocycles. The Morgan fingerprint density at radius 1 is 1.02 bits per heavy atom. The smallest absolute Gasteiger partial charge is 0.305 e. The molecule has 8 bridgehead atoms. The van der Waals surface area contributed by atoms with Gasteiger partial charge in [-0.25, -0.2) is 15.0 Å². The van der Waals surface area contributed by atoms with Crippen LogP contribution in [0.5, 0.6) is 0 Å². The second kappa shape index (κ2) is 11.5. The molecule has 228 valence electrons. The summed E-state index contributed by atoms with van der Waals surface area (Å²) in [5, 5.41) is 15.0. The largest absolute Gasteiger partial charge is 0.511 e. The molecule has 0 saturated carbocycles. The number of methoxy groups -OCH3 is 1. The molecule has 6 rings (SSSR count). The number of thioether (sulfide) groups is 1. The van der Waals surface area contributed by atoms with Crippen LogP contribution in [0.2, 0.25) is 0 Å². The summed E-state index contributed by atoms with van der Waals surface area (Å²) < 4.78 is 4.98. The number of hydrogen-bond donors (Lipinski definition) is 2. The Hall–Kier alpha value is -3.98. The van der Waals surface area contributed by atoms with Crippen LogP contribution in [-0.4, -0.2) is 46.2 Å². The Labute approximate surface area is 262 Å². The Bertz CT molecular complexity index is 1770. The van der Waals surface area contributed by atoms with Crippen LogP contribution in [0.15, 0.2) is 106 Å². The summed E-state index contributed by atoms with van der Waals surface area (Å²) in [7, 11) is 1.41.